The van der Waals surface area contributed by atoms with Crippen molar-refractivity contribution in [3.05, 3.63) is 69.6 Å². The van der Waals surface area contributed by atoms with E-state index in [0.717, 1.165) is 17.7 Å². The van der Waals surface area contributed by atoms with Crippen molar-refractivity contribution < 1.29 is 14.3 Å². The van der Waals surface area contributed by atoms with Gasteiger partial charge in [0, 0.05) is 11.6 Å². The highest BCUT2D eigenvalue weighted by atomic mass is 35.5. The van der Waals surface area contributed by atoms with Crippen LogP contribution in [0.15, 0.2) is 59.0 Å². The second-order valence-corrected chi connectivity index (χ2v) is 8.65. The zero-order chi connectivity index (χ0) is 23.1. The number of amides is 1. The number of amidine groups is 1. The summed E-state index contributed by atoms with van der Waals surface area (Å²) in [7, 11) is 0. The number of hydrogen-bond donors (Lipinski definition) is 0. The predicted molar refractivity (Wildman–Crippen MR) is 134 cm³/mol. The van der Waals surface area contributed by atoms with E-state index in [0.29, 0.717) is 51.4 Å². The monoisotopic (exact) mass is 490 g/mol. The Hall–Kier alpha value is -2.41. The van der Waals surface area contributed by atoms with Gasteiger partial charge in [0.1, 0.15) is 6.61 Å². The second kappa shape index (κ2) is 11.5. The van der Waals surface area contributed by atoms with Crippen molar-refractivity contribution in [2.75, 3.05) is 19.8 Å². The van der Waals surface area contributed by atoms with Crippen LogP contribution in [0.2, 0.25) is 10.0 Å². The van der Waals surface area contributed by atoms with E-state index >= 15 is 0 Å². The number of aliphatic imine (C=N–C) groups is 1. The molecule has 2 aromatic carbocycles. The molecule has 8 heteroatoms. The number of halogens is 2. The van der Waals surface area contributed by atoms with Crippen molar-refractivity contribution in [3.63, 3.8) is 0 Å². The summed E-state index contributed by atoms with van der Waals surface area (Å²) in [4.78, 5) is 20.0. The fourth-order valence-electron chi connectivity index (χ4n) is 3.01. The Bertz CT molecular complexity index is 1050. The first-order chi connectivity index (χ1) is 15.5. The molecule has 1 aliphatic rings. The summed E-state index contributed by atoms with van der Waals surface area (Å²) in [6, 6.07) is 10.8. The number of benzene rings is 2. The van der Waals surface area contributed by atoms with Crippen molar-refractivity contribution >= 4 is 57.8 Å². The molecule has 5 nitrogen and oxygen atoms in total. The number of carbonyl (C=O) groups excluding carboxylic acids is 1. The molecule has 0 unspecified atom stereocenters. The summed E-state index contributed by atoms with van der Waals surface area (Å²) in [5.74, 6) is 0.883. The molecular formula is C24H24Cl2N2O3S. The molecule has 3 rings (SSSR count). The number of nitrogens with zero attached hydrogens (tertiary/aromatic N) is 2. The maximum Gasteiger partial charge on any atom is 0.266 e. The van der Waals surface area contributed by atoms with Gasteiger partial charge >= 0.3 is 0 Å². The quantitative estimate of drug-likeness (QED) is 0.281. The molecule has 0 aliphatic carbocycles. The van der Waals surface area contributed by atoms with E-state index in [1.165, 1.54) is 11.8 Å². The first-order valence-corrected chi connectivity index (χ1v) is 11.8. The lowest BCUT2D eigenvalue weighted by Crippen LogP contribution is -2.29. The lowest BCUT2D eigenvalue weighted by Gasteiger charge is -2.14. The summed E-state index contributed by atoms with van der Waals surface area (Å²) in [5.41, 5.74) is 1.47. The largest absolute Gasteiger partial charge is 0.490 e. The first-order valence-electron chi connectivity index (χ1n) is 10.2. The maximum absolute atomic E-state index is 13.1. The van der Waals surface area contributed by atoms with Crippen LogP contribution < -0.4 is 9.47 Å². The average Bonchev–Trinajstić information content (AvgIpc) is 3.04. The Kier molecular flexibility index (Phi) is 8.67. The number of ether oxygens (including phenoxy) is 2. The Morgan fingerprint density at radius 2 is 1.91 bits per heavy atom. The first kappa shape index (κ1) is 24.2. The number of hydrogen-bond acceptors (Lipinski definition) is 5. The van der Waals surface area contributed by atoms with Crippen molar-refractivity contribution in [1.82, 2.24) is 4.90 Å². The predicted octanol–water partition coefficient (Wildman–Crippen LogP) is 6.97. The molecule has 1 saturated heterocycles. The van der Waals surface area contributed by atoms with E-state index < -0.39 is 0 Å². The minimum atomic E-state index is -0.0920. The number of rotatable bonds is 9. The van der Waals surface area contributed by atoms with Gasteiger partial charge in [0.05, 0.1) is 22.2 Å². The summed E-state index contributed by atoms with van der Waals surface area (Å²) >= 11 is 13.7. The van der Waals surface area contributed by atoms with Crippen LogP contribution >= 0.6 is 35.0 Å². The molecule has 1 heterocycles. The molecule has 0 atom stereocenters. The third-order valence-corrected chi connectivity index (χ3v) is 5.90. The van der Waals surface area contributed by atoms with Crippen LogP contribution in [0.4, 0.5) is 5.69 Å². The third-order valence-electron chi connectivity index (χ3n) is 4.36. The lowest BCUT2D eigenvalue weighted by atomic mass is 10.1. The lowest BCUT2D eigenvalue weighted by molar-refractivity contribution is -0.122. The molecule has 32 heavy (non-hydrogen) atoms. The van der Waals surface area contributed by atoms with Crippen molar-refractivity contribution in [2.24, 2.45) is 4.99 Å². The number of thioether (sulfide) groups is 1. The maximum atomic E-state index is 13.1. The van der Waals surface area contributed by atoms with Gasteiger partial charge in [-0.2, -0.15) is 0 Å². The normalized spacial score (nSPS) is 16.1. The Balaban J connectivity index is 1.95. The van der Waals surface area contributed by atoms with Crippen LogP contribution in [0.5, 0.6) is 11.5 Å². The molecule has 0 spiro atoms. The molecule has 1 fully saturated rings. The van der Waals surface area contributed by atoms with E-state index in [1.807, 2.05) is 32.0 Å². The fourth-order valence-corrected chi connectivity index (χ4v) is 4.43. The van der Waals surface area contributed by atoms with Crippen LogP contribution in [0.25, 0.3) is 6.08 Å². The summed E-state index contributed by atoms with van der Waals surface area (Å²) in [5, 5.41) is 1.67. The molecule has 2 aromatic rings. The van der Waals surface area contributed by atoms with Crippen molar-refractivity contribution in [3.8, 4) is 11.5 Å². The van der Waals surface area contributed by atoms with Gasteiger partial charge < -0.3 is 9.47 Å². The SMILES string of the molecule is C=CCOc1c(Cl)cc(/C=C2\SC(=Nc3ccc(Cl)cc3)N(CCC)C2=O)cc1OCC. The molecule has 168 valence electrons. The fraction of sp³-hybridized carbons (Fsp3) is 0.250. The zero-order valence-electron chi connectivity index (χ0n) is 17.9. The van der Waals surface area contributed by atoms with Crippen LogP contribution in [0.3, 0.4) is 0 Å². The molecule has 1 aliphatic heterocycles. The zero-order valence-corrected chi connectivity index (χ0v) is 20.3. The van der Waals surface area contributed by atoms with Gasteiger partial charge in [-0.3, -0.25) is 9.69 Å². The van der Waals surface area contributed by atoms with Gasteiger partial charge in [-0.25, -0.2) is 4.99 Å². The molecule has 0 saturated carbocycles. The van der Waals surface area contributed by atoms with Gasteiger partial charge in [0.25, 0.3) is 5.91 Å². The molecule has 1 amide bonds. The van der Waals surface area contributed by atoms with Gasteiger partial charge in [0.2, 0.25) is 0 Å². The Labute approximate surface area is 202 Å². The molecule has 0 bridgehead atoms. The van der Waals surface area contributed by atoms with Crippen LogP contribution in [-0.4, -0.2) is 35.7 Å². The van der Waals surface area contributed by atoms with Gasteiger partial charge in [-0.1, -0.05) is 42.8 Å². The Morgan fingerprint density at radius 1 is 1.16 bits per heavy atom. The van der Waals surface area contributed by atoms with Gasteiger partial charge in [0.15, 0.2) is 16.7 Å². The van der Waals surface area contributed by atoms with E-state index in [-0.39, 0.29) is 5.91 Å². The number of carbonyl (C=O) groups is 1. The summed E-state index contributed by atoms with van der Waals surface area (Å²) in [6.45, 7) is 8.91. The molecule has 0 aromatic heterocycles. The minimum absolute atomic E-state index is 0.0920. The molecule has 0 radical (unpaired) electrons. The average molecular weight is 491 g/mol. The van der Waals surface area contributed by atoms with Crippen LogP contribution in [0, 0.1) is 0 Å². The van der Waals surface area contributed by atoms with Crippen molar-refractivity contribution in [1.29, 1.82) is 0 Å². The van der Waals surface area contributed by atoms with E-state index in [1.54, 1.807) is 35.3 Å². The Morgan fingerprint density at radius 3 is 2.56 bits per heavy atom. The smallest absolute Gasteiger partial charge is 0.266 e. The van der Waals surface area contributed by atoms with E-state index in [9.17, 15) is 4.79 Å². The highest BCUT2D eigenvalue weighted by Gasteiger charge is 2.33. The van der Waals surface area contributed by atoms with Gasteiger partial charge in [-0.05, 0) is 73.1 Å². The highest BCUT2D eigenvalue weighted by molar-refractivity contribution is 8.18. The molecule has 0 N–H and O–H groups in total. The topological polar surface area (TPSA) is 51.1 Å². The minimum Gasteiger partial charge on any atom is -0.490 e. The summed E-state index contributed by atoms with van der Waals surface area (Å²) in [6.07, 6.45) is 4.25. The molecular weight excluding hydrogens is 467 g/mol. The van der Waals surface area contributed by atoms with Gasteiger partial charge in [-0.15, -0.1) is 0 Å². The summed E-state index contributed by atoms with van der Waals surface area (Å²) < 4.78 is 11.4. The second-order valence-electron chi connectivity index (χ2n) is 6.80. The van der Waals surface area contributed by atoms with Crippen LogP contribution in [0.1, 0.15) is 25.8 Å². The highest BCUT2D eigenvalue weighted by Crippen LogP contribution is 2.39. The standard InChI is InChI=1S/C24H24Cl2N2O3S/c1-4-11-28-23(29)21(32-24(28)27-18-9-7-17(25)8-10-18)15-16-13-19(26)22(31-12-5-2)20(14-16)30-6-3/h5,7-10,13-15H,2,4,6,11-12H2,1,3H3/b21-15-,27-24?. The van der Waals surface area contributed by atoms with E-state index in [4.69, 9.17) is 32.7 Å². The van der Waals surface area contributed by atoms with Crippen molar-refractivity contribution in [2.45, 2.75) is 20.3 Å². The van der Waals surface area contributed by atoms with E-state index in [2.05, 4.69) is 11.6 Å². The third kappa shape index (κ3) is 5.88. The van der Waals surface area contributed by atoms with Crippen LogP contribution in [-0.2, 0) is 4.79 Å².